The van der Waals surface area contributed by atoms with Gasteiger partial charge in [0.1, 0.15) is 73.2 Å². The molecule has 3 aliphatic rings. The third-order valence-corrected chi connectivity index (χ3v) is 20.1. The van der Waals surface area contributed by atoms with Crippen LogP contribution in [0.4, 0.5) is 0 Å². The van der Waals surface area contributed by atoms with Crippen LogP contribution in [0.5, 0.6) is 0 Å². The van der Waals surface area contributed by atoms with E-state index in [1.165, 1.54) is 154 Å². The number of aliphatic hydroxyl groups excluding tert-OH is 11. The highest BCUT2D eigenvalue weighted by Gasteiger charge is 2.54. The maximum atomic E-state index is 13.5. The van der Waals surface area contributed by atoms with Crippen LogP contribution in [-0.4, -0.2) is 193 Å². The molecule has 1 amide bonds. The van der Waals surface area contributed by atoms with Gasteiger partial charge in [-0.25, -0.2) is 0 Å². The maximum Gasteiger partial charge on any atom is 0.220 e. The minimum absolute atomic E-state index is 0.170. The van der Waals surface area contributed by atoms with Gasteiger partial charge < -0.3 is 89.9 Å². The molecule has 12 N–H and O–H groups in total. The molecule has 0 aromatic heterocycles. The van der Waals surface area contributed by atoms with E-state index in [1.807, 2.05) is 6.08 Å². The van der Waals surface area contributed by atoms with Crippen molar-refractivity contribution in [3.63, 3.8) is 0 Å². The molecule has 0 aliphatic carbocycles. The number of amides is 1. The van der Waals surface area contributed by atoms with Crippen molar-refractivity contribution in [1.82, 2.24) is 5.32 Å². The van der Waals surface area contributed by atoms with E-state index in [0.29, 0.717) is 12.8 Å². The topological polar surface area (TPSA) is 307 Å². The predicted octanol–water partition coefficient (Wildman–Crippen LogP) is 15.4. The van der Waals surface area contributed by atoms with E-state index in [4.69, 9.17) is 28.4 Å². The Morgan fingerprint density at radius 3 is 1.03 bits per heavy atom. The van der Waals surface area contributed by atoms with Gasteiger partial charge in [0.15, 0.2) is 18.9 Å². The van der Waals surface area contributed by atoms with Crippen LogP contribution in [-0.2, 0) is 33.2 Å². The lowest BCUT2D eigenvalue weighted by atomic mass is 9.96. The lowest BCUT2D eigenvalue weighted by Gasteiger charge is -2.48. The van der Waals surface area contributed by atoms with E-state index >= 15 is 0 Å². The van der Waals surface area contributed by atoms with Crippen molar-refractivity contribution in [2.24, 2.45) is 0 Å². The van der Waals surface area contributed by atoms with Crippen molar-refractivity contribution in [2.45, 2.75) is 388 Å². The number of ether oxygens (including phenoxy) is 6. The molecule has 0 saturated carbocycles. The summed E-state index contributed by atoms with van der Waals surface area (Å²) in [6.45, 7) is 1.58. The highest BCUT2D eigenvalue weighted by Crippen LogP contribution is 2.33. The van der Waals surface area contributed by atoms with Crippen LogP contribution in [0.25, 0.3) is 0 Å². The first kappa shape index (κ1) is 98.9. The quantitative estimate of drug-likeness (QED) is 0.0199. The monoisotopic (exact) mass is 1530 g/mol. The Bertz CT molecular complexity index is 2540. The molecule has 19 nitrogen and oxygen atoms in total. The average molecular weight is 1540 g/mol. The number of hydrogen-bond acceptors (Lipinski definition) is 18. The number of carbonyl (C=O) groups is 1. The summed E-state index contributed by atoms with van der Waals surface area (Å²) in [4.78, 5) is 13.5. The molecule has 0 radical (unpaired) electrons. The zero-order valence-corrected chi connectivity index (χ0v) is 67.0. The summed E-state index contributed by atoms with van der Waals surface area (Å²) in [5.41, 5.74) is 0. The Balaban J connectivity index is 1.40. The predicted molar refractivity (Wildman–Crippen MR) is 438 cm³/mol. The van der Waals surface area contributed by atoms with Gasteiger partial charge in [0.2, 0.25) is 5.91 Å². The van der Waals surface area contributed by atoms with Gasteiger partial charge in [-0.2, -0.15) is 0 Å². The Kier molecular flexibility index (Phi) is 61.8. The number of hydrogen-bond donors (Lipinski definition) is 12. The van der Waals surface area contributed by atoms with E-state index < -0.39 is 131 Å². The Morgan fingerprint density at radius 2 is 0.642 bits per heavy atom. The molecule has 0 aromatic rings. The van der Waals surface area contributed by atoms with E-state index in [9.17, 15) is 61.0 Å². The Hall–Kier alpha value is -4.33. The first-order valence-electron chi connectivity index (χ1n) is 42.6. The number of nitrogens with one attached hydrogen (secondary N) is 1. The van der Waals surface area contributed by atoms with Gasteiger partial charge in [-0.1, -0.05) is 314 Å². The van der Waals surface area contributed by atoms with Gasteiger partial charge in [0.25, 0.3) is 0 Å². The van der Waals surface area contributed by atoms with Crippen LogP contribution in [0.3, 0.4) is 0 Å². The fraction of sp³-hybridized carbons (Fsp3) is 0.722. The van der Waals surface area contributed by atoms with Crippen molar-refractivity contribution in [3.05, 3.63) is 146 Å². The molecular weight excluding hydrogens is 1380 g/mol. The van der Waals surface area contributed by atoms with Gasteiger partial charge in [0.05, 0.1) is 38.6 Å². The van der Waals surface area contributed by atoms with Crippen molar-refractivity contribution in [3.8, 4) is 0 Å². The zero-order valence-electron chi connectivity index (χ0n) is 67.0. The summed E-state index contributed by atoms with van der Waals surface area (Å²) in [6, 6.07) is -1.03. The van der Waals surface area contributed by atoms with E-state index in [-0.39, 0.29) is 12.3 Å². The third kappa shape index (κ3) is 47.2. The van der Waals surface area contributed by atoms with Crippen molar-refractivity contribution in [2.75, 3.05) is 26.4 Å². The normalized spacial score (nSPS) is 26.0. The van der Waals surface area contributed by atoms with Crippen LogP contribution < -0.4 is 5.32 Å². The van der Waals surface area contributed by atoms with E-state index in [1.54, 1.807) is 6.08 Å². The number of carbonyl (C=O) groups excluding carboxylic acids is 1. The fourth-order valence-electron chi connectivity index (χ4n) is 13.4. The van der Waals surface area contributed by atoms with Crippen LogP contribution in [0.2, 0.25) is 0 Å². The van der Waals surface area contributed by atoms with Crippen LogP contribution in [0.15, 0.2) is 146 Å². The molecule has 17 unspecified atom stereocenters. The lowest BCUT2D eigenvalue weighted by molar-refractivity contribution is -0.379. The molecule has 3 fully saturated rings. The van der Waals surface area contributed by atoms with Crippen molar-refractivity contribution < 1.29 is 89.4 Å². The first-order chi connectivity index (χ1) is 53.3. The molecule has 109 heavy (non-hydrogen) atoms. The fourth-order valence-corrected chi connectivity index (χ4v) is 13.4. The highest BCUT2D eigenvalue weighted by atomic mass is 16.8. The third-order valence-electron chi connectivity index (χ3n) is 20.1. The molecule has 0 spiro atoms. The summed E-state index contributed by atoms with van der Waals surface area (Å²) < 4.78 is 34.4. The largest absolute Gasteiger partial charge is 0.394 e. The molecule has 3 aliphatic heterocycles. The van der Waals surface area contributed by atoms with Gasteiger partial charge in [0, 0.05) is 6.42 Å². The van der Waals surface area contributed by atoms with Crippen molar-refractivity contribution in [1.29, 1.82) is 0 Å². The maximum absolute atomic E-state index is 13.5. The molecule has 0 bridgehead atoms. The van der Waals surface area contributed by atoms with Crippen LogP contribution in [0.1, 0.15) is 284 Å². The number of aliphatic hydroxyl groups is 11. The van der Waals surface area contributed by atoms with Crippen molar-refractivity contribution >= 4 is 5.91 Å². The summed E-state index contributed by atoms with van der Waals surface area (Å²) >= 11 is 0. The van der Waals surface area contributed by atoms with Gasteiger partial charge in [-0.05, 0) is 109 Å². The summed E-state index contributed by atoms with van der Waals surface area (Å²) in [6.07, 6.45) is 72.7. The van der Waals surface area contributed by atoms with Gasteiger partial charge in [-0.3, -0.25) is 4.79 Å². The van der Waals surface area contributed by atoms with Crippen LogP contribution in [0, 0.1) is 0 Å². The second kappa shape index (κ2) is 68.1. The summed E-state index contributed by atoms with van der Waals surface area (Å²) in [5, 5.41) is 121. The second-order valence-corrected chi connectivity index (χ2v) is 29.6. The molecule has 3 heterocycles. The minimum Gasteiger partial charge on any atom is -0.394 e. The first-order valence-corrected chi connectivity index (χ1v) is 42.6. The molecule has 3 rings (SSSR count). The van der Waals surface area contributed by atoms with Crippen LogP contribution >= 0.6 is 0 Å². The molecule has 3 saturated heterocycles. The SMILES string of the molecule is CC/C=C\C/C=C\C/C=C\C/C=C\C/C=C\C/C=C\C/C=C\C/C=C\C/C=C\C/C=C\CCCCC(=O)NC(COC1OC(CO)C(OC2OC(CO)C(OC3OC(CO)C(O)C(O)C3O)C(O)C2O)C(O)C1O)C(O)/C=C/CC/C=C/CCCCCCCCCCCCCCCCCCCCCCCCCCC. The highest BCUT2D eigenvalue weighted by molar-refractivity contribution is 5.76. The standard InChI is InChI=1S/C90H151NO18/c1-3-5-7-9-11-13-15-17-19-21-23-25-27-29-31-33-35-36-38-40-42-44-46-48-50-52-54-56-58-60-62-64-66-68-78(96)91-73(74(95)67-65-63-61-59-57-55-53-51-49-47-45-43-41-39-37-34-32-30-28-26-24-22-20-18-16-14-12-10-8-6-4-2)72-104-88-84(102)81(99)86(76(70-93)106-88)109-90-85(103)82(100)87(77(71-94)107-90)108-89-83(101)80(98)79(97)75(69-92)105-89/h5,7,11,13,17,19,23,25,29,31,35-36,40,42,46,48,52,54,57-60,65,67,73-77,79-90,92-95,97-103H,3-4,6,8-10,12,14-16,18,20-22,24,26-28,30,32-34,37-39,41,43-45,47,49-51,53,55-56,61-64,66,68-72H2,1-2H3,(H,91,96)/b7-5-,13-11-,19-17-,25-23-,31-29-,36-35-,42-40-,48-46-,54-52-,59-57+,60-58-,67-65+. The number of rotatable bonds is 66. The average Bonchev–Trinajstić information content (AvgIpc) is 0.782. The molecule has 19 heteroatoms. The zero-order chi connectivity index (χ0) is 78.8. The number of allylic oxidation sites excluding steroid dienone is 23. The number of unbranched alkanes of at least 4 members (excludes halogenated alkanes) is 28. The molecule has 17 atom stereocenters. The Morgan fingerprint density at radius 1 is 0.339 bits per heavy atom. The van der Waals surface area contributed by atoms with E-state index in [0.717, 1.165) is 96.3 Å². The minimum atomic E-state index is -1.99. The Labute approximate surface area is 657 Å². The second-order valence-electron chi connectivity index (χ2n) is 29.6. The smallest absolute Gasteiger partial charge is 0.220 e. The van der Waals surface area contributed by atoms with E-state index in [2.05, 4.69) is 153 Å². The van der Waals surface area contributed by atoms with Gasteiger partial charge >= 0.3 is 0 Å². The van der Waals surface area contributed by atoms with Gasteiger partial charge in [-0.15, -0.1) is 0 Å². The molecular formula is C90H151NO18. The summed E-state index contributed by atoms with van der Waals surface area (Å²) in [5.74, 6) is -0.331. The molecule has 624 valence electrons. The summed E-state index contributed by atoms with van der Waals surface area (Å²) in [7, 11) is 0. The molecule has 0 aromatic carbocycles. The lowest BCUT2D eigenvalue weighted by Crippen LogP contribution is -2.66.